The molecule has 1 amide bonds. The summed E-state index contributed by atoms with van der Waals surface area (Å²) in [7, 11) is 0. The van der Waals surface area contributed by atoms with Crippen molar-refractivity contribution in [1.82, 2.24) is 0 Å². The minimum Gasteiger partial charge on any atom is -0.492 e. The summed E-state index contributed by atoms with van der Waals surface area (Å²) in [5, 5.41) is 3.07. The second kappa shape index (κ2) is 9.07. The molecule has 1 aromatic carbocycles. The fraction of sp³-hybridized carbons (Fsp3) is 0.650. The molecule has 24 heavy (non-hydrogen) atoms. The van der Waals surface area contributed by atoms with Gasteiger partial charge in [0, 0.05) is 12.0 Å². The Morgan fingerprint density at radius 2 is 2.00 bits per heavy atom. The van der Waals surface area contributed by atoms with Gasteiger partial charge >= 0.3 is 0 Å². The topological polar surface area (TPSA) is 64.3 Å². The van der Waals surface area contributed by atoms with Crippen LogP contribution in [-0.4, -0.2) is 18.6 Å². The average Bonchev–Trinajstić information content (AvgIpc) is 2.58. The molecule has 0 heterocycles. The van der Waals surface area contributed by atoms with E-state index in [9.17, 15) is 4.79 Å². The molecular formula is C20H32N2O2. The number of benzene rings is 1. The maximum absolute atomic E-state index is 12.5. The Hall–Kier alpha value is -1.55. The van der Waals surface area contributed by atoms with Gasteiger partial charge in [-0.25, -0.2) is 0 Å². The molecule has 0 spiro atoms. The number of nitrogens with two attached hydrogens (primary N) is 1. The first-order valence-corrected chi connectivity index (χ1v) is 9.33. The largest absolute Gasteiger partial charge is 0.492 e. The van der Waals surface area contributed by atoms with Crippen molar-refractivity contribution >= 4 is 11.6 Å². The monoisotopic (exact) mass is 332 g/mol. The average molecular weight is 332 g/mol. The first-order chi connectivity index (χ1) is 11.5. The lowest BCUT2D eigenvalue weighted by Gasteiger charge is -2.22. The number of carbonyl (C=O) groups is 1. The Morgan fingerprint density at radius 1 is 1.29 bits per heavy atom. The summed E-state index contributed by atoms with van der Waals surface area (Å²) in [4.78, 5) is 12.5. The van der Waals surface area contributed by atoms with E-state index in [4.69, 9.17) is 10.5 Å². The molecule has 134 valence electrons. The molecule has 0 bridgehead atoms. The Kier molecular flexibility index (Phi) is 7.10. The quantitative estimate of drug-likeness (QED) is 0.789. The van der Waals surface area contributed by atoms with Crippen LogP contribution in [0.15, 0.2) is 18.2 Å². The predicted octanol–water partition coefficient (Wildman–Crippen LogP) is 4.13. The van der Waals surface area contributed by atoms with Crippen molar-refractivity contribution in [2.24, 2.45) is 17.6 Å². The number of hydrogen-bond acceptors (Lipinski definition) is 3. The van der Waals surface area contributed by atoms with Crippen LogP contribution >= 0.6 is 0 Å². The number of ether oxygens (including phenoxy) is 1. The second-order valence-corrected chi connectivity index (χ2v) is 7.20. The van der Waals surface area contributed by atoms with Gasteiger partial charge in [-0.2, -0.15) is 0 Å². The van der Waals surface area contributed by atoms with Gasteiger partial charge in [-0.05, 0) is 49.8 Å². The zero-order valence-electron chi connectivity index (χ0n) is 15.3. The number of nitrogens with one attached hydrogen (secondary N) is 1. The molecule has 0 saturated heterocycles. The van der Waals surface area contributed by atoms with Gasteiger partial charge < -0.3 is 15.8 Å². The van der Waals surface area contributed by atoms with Crippen molar-refractivity contribution in [1.29, 1.82) is 0 Å². The van der Waals surface area contributed by atoms with Gasteiger partial charge in [-0.1, -0.05) is 39.2 Å². The van der Waals surface area contributed by atoms with Crippen molar-refractivity contribution in [2.45, 2.75) is 65.3 Å². The first kappa shape index (κ1) is 18.8. The van der Waals surface area contributed by atoms with Gasteiger partial charge in [0.1, 0.15) is 5.75 Å². The molecule has 4 heteroatoms. The standard InChI is InChI=1S/C20H32N2O2/c1-4-24-19-13-15(12-17(21)14(2)3)10-11-18(19)22-20(23)16-8-6-5-7-9-16/h10-11,13-14,16-17H,4-9,12,21H2,1-3H3,(H,22,23). The lowest BCUT2D eigenvalue weighted by atomic mass is 9.88. The summed E-state index contributed by atoms with van der Waals surface area (Å²) in [5.74, 6) is 1.45. The van der Waals surface area contributed by atoms with Gasteiger partial charge in [-0.15, -0.1) is 0 Å². The number of hydrogen-bond donors (Lipinski definition) is 2. The lowest BCUT2D eigenvalue weighted by molar-refractivity contribution is -0.120. The van der Waals surface area contributed by atoms with Crippen molar-refractivity contribution < 1.29 is 9.53 Å². The van der Waals surface area contributed by atoms with Gasteiger partial charge in [0.2, 0.25) is 5.91 Å². The maximum Gasteiger partial charge on any atom is 0.227 e. The fourth-order valence-corrected chi connectivity index (χ4v) is 3.18. The van der Waals surface area contributed by atoms with E-state index in [-0.39, 0.29) is 17.9 Å². The van der Waals surface area contributed by atoms with Crippen LogP contribution in [0.3, 0.4) is 0 Å². The molecule has 0 aliphatic heterocycles. The lowest BCUT2D eigenvalue weighted by Crippen LogP contribution is -2.28. The minimum atomic E-state index is 0.127. The molecule has 1 aliphatic rings. The molecule has 1 aromatic rings. The third-order valence-corrected chi connectivity index (χ3v) is 4.91. The van der Waals surface area contributed by atoms with Crippen LogP contribution in [0.25, 0.3) is 0 Å². The van der Waals surface area contributed by atoms with Gasteiger partial charge in [-0.3, -0.25) is 4.79 Å². The highest BCUT2D eigenvalue weighted by Gasteiger charge is 2.22. The summed E-state index contributed by atoms with van der Waals surface area (Å²) in [6, 6.07) is 6.14. The van der Waals surface area contributed by atoms with Gasteiger partial charge in [0.15, 0.2) is 0 Å². The summed E-state index contributed by atoms with van der Waals surface area (Å²) >= 11 is 0. The van der Waals surface area contributed by atoms with Crippen LogP contribution in [0.4, 0.5) is 5.69 Å². The highest BCUT2D eigenvalue weighted by Crippen LogP contribution is 2.30. The number of amides is 1. The van der Waals surface area contributed by atoms with E-state index in [1.807, 2.05) is 25.1 Å². The minimum absolute atomic E-state index is 0.127. The maximum atomic E-state index is 12.5. The van der Waals surface area contributed by atoms with Crippen LogP contribution in [0, 0.1) is 11.8 Å². The molecular weight excluding hydrogens is 300 g/mol. The Bertz CT molecular complexity index is 536. The highest BCUT2D eigenvalue weighted by atomic mass is 16.5. The molecule has 1 saturated carbocycles. The van der Waals surface area contributed by atoms with E-state index >= 15 is 0 Å². The molecule has 1 atom stereocenters. The summed E-state index contributed by atoms with van der Waals surface area (Å²) in [5.41, 5.74) is 8.10. The molecule has 0 radical (unpaired) electrons. The van der Waals surface area contributed by atoms with E-state index in [2.05, 4.69) is 19.2 Å². The van der Waals surface area contributed by atoms with Crippen molar-refractivity contribution in [3.8, 4) is 5.75 Å². The number of carbonyl (C=O) groups excluding carboxylic acids is 1. The number of rotatable bonds is 7. The van der Waals surface area contributed by atoms with Crippen LogP contribution in [0.2, 0.25) is 0 Å². The van der Waals surface area contributed by atoms with Crippen LogP contribution in [0.1, 0.15) is 58.4 Å². The Morgan fingerprint density at radius 3 is 2.62 bits per heavy atom. The fourth-order valence-electron chi connectivity index (χ4n) is 3.18. The third kappa shape index (κ3) is 5.23. The zero-order chi connectivity index (χ0) is 17.5. The molecule has 1 unspecified atom stereocenters. The summed E-state index contributed by atoms with van der Waals surface area (Å²) in [6.07, 6.45) is 6.37. The van der Waals surface area contributed by atoms with E-state index in [0.717, 1.165) is 49.1 Å². The zero-order valence-corrected chi connectivity index (χ0v) is 15.3. The molecule has 1 fully saturated rings. The van der Waals surface area contributed by atoms with E-state index in [1.165, 1.54) is 6.42 Å². The normalized spacial score (nSPS) is 16.9. The van der Waals surface area contributed by atoms with Crippen LogP contribution in [0.5, 0.6) is 5.75 Å². The van der Waals surface area contributed by atoms with Crippen molar-refractivity contribution in [2.75, 3.05) is 11.9 Å². The summed E-state index contributed by atoms with van der Waals surface area (Å²) in [6.45, 7) is 6.80. The van der Waals surface area contributed by atoms with Crippen molar-refractivity contribution in [3.05, 3.63) is 23.8 Å². The molecule has 3 N–H and O–H groups in total. The third-order valence-electron chi connectivity index (χ3n) is 4.91. The van der Waals surface area contributed by atoms with E-state index in [0.29, 0.717) is 12.5 Å². The van der Waals surface area contributed by atoms with Crippen LogP contribution in [-0.2, 0) is 11.2 Å². The SMILES string of the molecule is CCOc1cc(CC(N)C(C)C)ccc1NC(=O)C1CCCCC1. The Labute approximate surface area is 146 Å². The van der Waals surface area contributed by atoms with E-state index < -0.39 is 0 Å². The molecule has 1 aliphatic carbocycles. The highest BCUT2D eigenvalue weighted by molar-refractivity contribution is 5.94. The summed E-state index contributed by atoms with van der Waals surface area (Å²) < 4.78 is 5.75. The van der Waals surface area contributed by atoms with Crippen LogP contribution < -0.4 is 15.8 Å². The predicted molar refractivity (Wildman–Crippen MR) is 99.3 cm³/mol. The van der Waals surface area contributed by atoms with Gasteiger partial charge in [0.05, 0.1) is 12.3 Å². The van der Waals surface area contributed by atoms with Crippen molar-refractivity contribution in [3.63, 3.8) is 0 Å². The number of anilines is 1. The Balaban J connectivity index is 2.09. The molecule has 0 aromatic heterocycles. The smallest absolute Gasteiger partial charge is 0.227 e. The second-order valence-electron chi connectivity index (χ2n) is 7.20. The first-order valence-electron chi connectivity index (χ1n) is 9.33. The molecule has 2 rings (SSSR count). The molecule has 4 nitrogen and oxygen atoms in total. The van der Waals surface area contributed by atoms with Gasteiger partial charge in [0.25, 0.3) is 0 Å². The van der Waals surface area contributed by atoms with E-state index in [1.54, 1.807) is 0 Å².